The number of anilines is 2. The minimum Gasteiger partial charge on any atom is -0.322 e. The number of rotatable bonds is 5. The van der Waals surface area contributed by atoms with Crippen molar-refractivity contribution < 1.29 is 4.79 Å². The average Bonchev–Trinajstić information content (AvgIpc) is 2.70. The lowest BCUT2D eigenvalue weighted by atomic mass is 10.1. The molecule has 136 valence electrons. The van der Waals surface area contributed by atoms with Gasteiger partial charge in [0.1, 0.15) is 6.34 Å². The summed E-state index contributed by atoms with van der Waals surface area (Å²) in [5.41, 5.74) is 3.21. The number of nitrogens with zero attached hydrogens (tertiary/aromatic N) is 3. The van der Waals surface area contributed by atoms with Crippen LogP contribution in [-0.4, -0.2) is 17.2 Å². The number of hydrazine groups is 1. The first kappa shape index (κ1) is 18.4. The van der Waals surface area contributed by atoms with Crippen molar-refractivity contribution in [3.05, 3.63) is 77.4 Å². The quantitative estimate of drug-likeness (QED) is 0.272. The van der Waals surface area contributed by atoms with Gasteiger partial charge in [0.05, 0.1) is 16.4 Å². The van der Waals surface area contributed by atoms with Crippen molar-refractivity contribution >= 4 is 35.2 Å². The van der Waals surface area contributed by atoms with Gasteiger partial charge < -0.3 is 11.2 Å². The van der Waals surface area contributed by atoms with Gasteiger partial charge in [0, 0.05) is 23.0 Å². The Balaban J connectivity index is 1.78. The molecular weight excluding hydrogens is 364 g/mol. The highest BCUT2D eigenvalue weighted by atomic mass is 35.5. The van der Waals surface area contributed by atoms with Crippen molar-refractivity contribution in [2.24, 2.45) is 16.8 Å². The molecule has 8 heteroatoms. The third kappa shape index (κ3) is 4.41. The predicted molar refractivity (Wildman–Crippen MR) is 108 cm³/mol. The molecule has 0 aliphatic rings. The molecule has 0 aliphatic carbocycles. The molecule has 3 rings (SSSR count). The Morgan fingerprint density at radius 3 is 2.59 bits per heavy atom. The van der Waals surface area contributed by atoms with E-state index >= 15 is 0 Å². The summed E-state index contributed by atoms with van der Waals surface area (Å²) in [4.78, 5) is 16.8. The summed E-state index contributed by atoms with van der Waals surface area (Å²) in [5, 5.41) is 8.01. The highest BCUT2D eigenvalue weighted by molar-refractivity contribution is 6.33. The van der Waals surface area contributed by atoms with Crippen LogP contribution in [0.4, 0.5) is 11.4 Å². The van der Waals surface area contributed by atoms with Gasteiger partial charge in [-0.3, -0.25) is 14.8 Å². The van der Waals surface area contributed by atoms with Crippen LogP contribution in [0.3, 0.4) is 0 Å². The van der Waals surface area contributed by atoms with Crippen molar-refractivity contribution in [2.75, 3.05) is 10.3 Å². The van der Waals surface area contributed by atoms with E-state index in [1.807, 2.05) is 18.2 Å². The SMILES string of the molecule is N/N=C\N(N)c1ccc(C(=O)Nc2ccc(Cl)c(-c3ccccn3)c2)cc1. The molecule has 0 fully saturated rings. The van der Waals surface area contributed by atoms with Gasteiger partial charge in [-0.1, -0.05) is 17.7 Å². The Bertz CT molecular complexity index is 960. The number of carbonyl (C=O) groups is 1. The number of benzene rings is 2. The normalized spacial score (nSPS) is 10.7. The maximum Gasteiger partial charge on any atom is 0.255 e. The molecule has 0 saturated carbocycles. The first-order chi connectivity index (χ1) is 13.1. The van der Waals surface area contributed by atoms with Crippen LogP contribution in [0.15, 0.2) is 72.0 Å². The van der Waals surface area contributed by atoms with E-state index < -0.39 is 0 Å². The Labute approximate surface area is 161 Å². The zero-order valence-corrected chi connectivity index (χ0v) is 15.0. The van der Waals surface area contributed by atoms with Crippen molar-refractivity contribution in [3.63, 3.8) is 0 Å². The number of carbonyl (C=O) groups excluding carboxylic acids is 1. The molecule has 1 aromatic heterocycles. The Morgan fingerprint density at radius 1 is 1.15 bits per heavy atom. The molecule has 5 N–H and O–H groups in total. The monoisotopic (exact) mass is 380 g/mol. The van der Waals surface area contributed by atoms with Crippen LogP contribution in [0.2, 0.25) is 5.02 Å². The van der Waals surface area contributed by atoms with Crippen LogP contribution in [0.1, 0.15) is 10.4 Å². The molecule has 0 unspecified atom stereocenters. The van der Waals surface area contributed by atoms with Crippen molar-refractivity contribution in [1.29, 1.82) is 0 Å². The molecule has 1 amide bonds. The number of halogens is 1. The molecule has 0 spiro atoms. The summed E-state index contributed by atoms with van der Waals surface area (Å²) in [6, 6.07) is 17.5. The Hall–Kier alpha value is -3.42. The first-order valence-electron chi connectivity index (χ1n) is 7.98. The zero-order chi connectivity index (χ0) is 19.2. The fourth-order valence-electron chi connectivity index (χ4n) is 2.45. The molecule has 0 bridgehead atoms. The summed E-state index contributed by atoms with van der Waals surface area (Å²) in [6.07, 6.45) is 2.95. The van der Waals surface area contributed by atoms with Gasteiger partial charge in [0.25, 0.3) is 5.91 Å². The summed E-state index contributed by atoms with van der Waals surface area (Å²) in [5.74, 6) is 10.5. The zero-order valence-electron chi connectivity index (χ0n) is 14.2. The Morgan fingerprint density at radius 2 is 1.93 bits per heavy atom. The molecule has 1 heterocycles. The van der Waals surface area contributed by atoms with Crippen LogP contribution < -0.4 is 22.0 Å². The van der Waals surface area contributed by atoms with E-state index in [0.29, 0.717) is 22.0 Å². The lowest BCUT2D eigenvalue weighted by Crippen LogP contribution is -2.29. The van der Waals surface area contributed by atoms with E-state index in [4.69, 9.17) is 23.3 Å². The number of aromatic nitrogens is 1. The molecule has 0 radical (unpaired) electrons. The molecule has 2 aromatic carbocycles. The maximum atomic E-state index is 12.5. The van der Waals surface area contributed by atoms with Crippen LogP contribution >= 0.6 is 11.6 Å². The van der Waals surface area contributed by atoms with Crippen molar-refractivity contribution in [2.45, 2.75) is 0 Å². The van der Waals surface area contributed by atoms with Crippen molar-refractivity contribution in [1.82, 2.24) is 4.98 Å². The summed E-state index contributed by atoms with van der Waals surface area (Å²) in [7, 11) is 0. The van der Waals surface area contributed by atoms with Crippen LogP contribution in [0, 0.1) is 0 Å². The second-order valence-electron chi connectivity index (χ2n) is 5.58. The van der Waals surface area contributed by atoms with Gasteiger partial charge >= 0.3 is 0 Å². The lowest BCUT2D eigenvalue weighted by molar-refractivity contribution is 0.102. The van der Waals surface area contributed by atoms with Gasteiger partial charge in [-0.15, -0.1) is 0 Å². The van der Waals surface area contributed by atoms with E-state index in [0.717, 1.165) is 11.3 Å². The minimum absolute atomic E-state index is 0.257. The molecule has 0 aliphatic heterocycles. The van der Waals surface area contributed by atoms with E-state index in [1.54, 1.807) is 48.7 Å². The van der Waals surface area contributed by atoms with E-state index in [1.165, 1.54) is 11.3 Å². The lowest BCUT2D eigenvalue weighted by Gasteiger charge is -2.13. The highest BCUT2D eigenvalue weighted by Gasteiger charge is 2.10. The predicted octanol–water partition coefficient (Wildman–Crippen LogP) is 3.24. The smallest absolute Gasteiger partial charge is 0.255 e. The fourth-order valence-corrected chi connectivity index (χ4v) is 2.66. The standard InChI is InChI=1S/C19H17ClN6O/c20-17-9-6-14(11-16(17)18-3-1-2-10-23-18)25-19(27)13-4-7-15(8-5-13)26(22)12-24-21/h1-12H,21-22H2,(H,25,27)/b24-12-. The summed E-state index contributed by atoms with van der Waals surface area (Å²) < 4.78 is 0. The number of nitrogens with one attached hydrogen (secondary N) is 1. The van der Waals surface area contributed by atoms with Gasteiger partial charge in [-0.05, 0) is 54.6 Å². The number of amides is 1. The largest absolute Gasteiger partial charge is 0.322 e. The summed E-state index contributed by atoms with van der Waals surface area (Å²) in [6.45, 7) is 0. The average molecular weight is 381 g/mol. The second-order valence-corrected chi connectivity index (χ2v) is 5.99. The van der Waals surface area contributed by atoms with Crippen LogP contribution in [0.5, 0.6) is 0 Å². The Kier molecular flexibility index (Phi) is 5.65. The topological polar surface area (TPSA) is 110 Å². The third-order valence-electron chi connectivity index (χ3n) is 3.78. The molecule has 0 atom stereocenters. The molecular formula is C19H17ClN6O. The van der Waals surface area contributed by atoms with Crippen LogP contribution in [0.25, 0.3) is 11.3 Å². The number of pyridine rings is 1. The van der Waals surface area contributed by atoms with E-state index in [2.05, 4.69) is 15.4 Å². The number of hydrazone groups is 1. The molecule has 7 nitrogen and oxygen atoms in total. The third-order valence-corrected chi connectivity index (χ3v) is 4.11. The molecule has 0 saturated heterocycles. The molecule has 3 aromatic rings. The number of hydrogen-bond acceptors (Lipinski definition) is 5. The maximum absolute atomic E-state index is 12.5. The summed E-state index contributed by atoms with van der Waals surface area (Å²) >= 11 is 6.27. The van der Waals surface area contributed by atoms with Crippen LogP contribution in [-0.2, 0) is 0 Å². The van der Waals surface area contributed by atoms with E-state index in [9.17, 15) is 4.79 Å². The van der Waals surface area contributed by atoms with Gasteiger partial charge in [0.15, 0.2) is 0 Å². The van der Waals surface area contributed by atoms with Crippen molar-refractivity contribution in [3.8, 4) is 11.3 Å². The number of hydrogen-bond donors (Lipinski definition) is 3. The van der Waals surface area contributed by atoms with Gasteiger partial charge in [0.2, 0.25) is 0 Å². The fraction of sp³-hybridized carbons (Fsp3) is 0. The highest BCUT2D eigenvalue weighted by Crippen LogP contribution is 2.29. The first-order valence-corrected chi connectivity index (χ1v) is 8.36. The van der Waals surface area contributed by atoms with Gasteiger partial charge in [-0.25, -0.2) is 5.84 Å². The second kappa shape index (κ2) is 8.31. The molecule has 27 heavy (non-hydrogen) atoms. The number of nitrogens with two attached hydrogens (primary N) is 2. The van der Waals surface area contributed by atoms with E-state index in [-0.39, 0.29) is 5.91 Å². The minimum atomic E-state index is -0.257. The van der Waals surface area contributed by atoms with Gasteiger partial charge in [-0.2, -0.15) is 5.10 Å².